The number of carbonyl (C=O) groups excluding carboxylic acids is 1. The van der Waals surface area contributed by atoms with Gasteiger partial charge in [-0.25, -0.2) is 0 Å². The van der Waals surface area contributed by atoms with Crippen molar-refractivity contribution in [3.63, 3.8) is 0 Å². The van der Waals surface area contributed by atoms with Gasteiger partial charge in [-0.3, -0.25) is 4.79 Å². The van der Waals surface area contributed by atoms with Gasteiger partial charge in [-0.1, -0.05) is 33.6 Å². The van der Waals surface area contributed by atoms with E-state index in [1.807, 2.05) is 32.9 Å². The number of amides is 1. The Bertz CT molecular complexity index is 409. The maximum atomic E-state index is 12.1. The Hall–Kier alpha value is -0.870. The highest BCUT2D eigenvalue weighted by Crippen LogP contribution is 2.16. The number of ether oxygens (including phenoxy) is 1. The van der Waals surface area contributed by atoms with Crippen LogP contribution in [0.15, 0.2) is 12.1 Å². The molecule has 0 radical (unpaired) electrons. The average Bonchev–Trinajstić information content (AvgIpc) is 2.25. The van der Waals surface area contributed by atoms with Crippen LogP contribution in [0.4, 0.5) is 0 Å². The van der Waals surface area contributed by atoms with Crippen LogP contribution < -0.4 is 5.32 Å². The minimum absolute atomic E-state index is 0.0226. The summed E-state index contributed by atoms with van der Waals surface area (Å²) in [6, 6.07) is 4.06. The number of carbonyl (C=O) groups is 1. The molecule has 0 spiro atoms. The molecular weight excluding hydrogens is 294 g/mol. The molecule has 1 aromatic rings. The van der Waals surface area contributed by atoms with Gasteiger partial charge in [-0.05, 0) is 31.9 Å². The Labute approximate surface area is 117 Å². The predicted octanol–water partition coefficient (Wildman–Crippen LogP) is 2.75. The summed E-state index contributed by atoms with van der Waals surface area (Å²) in [6.45, 7) is 7.10. The molecule has 1 unspecified atom stereocenters. The summed E-state index contributed by atoms with van der Waals surface area (Å²) < 4.78 is 5.01. The van der Waals surface area contributed by atoms with Crippen LogP contribution in [0.1, 0.15) is 27.0 Å². The normalized spacial score (nSPS) is 12.3. The van der Waals surface area contributed by atoms with E-state index in [0.717, 1.165) is 16.7 Å². The van der Waals surface area contributed by atoms with E-state index < -0.39 is 0 Å². The van der Waals surface area contributed by atoms with Gasteiger partial charge in [-0.2, -0.15) is 0 Å². The number of hydrogen-bond donors (Lipinski definition) is 1. The molecule has 0 saturated heterocycles. The van der Waals surface area contributed by atoms with Crippen molar-refractivity contribution in [2.45, 2.75) is 25.6 Å². The monoisotopic (exact) mass is 313 g/mol. The first-order chi connectivity index (χ1) is 8.45. The minimum Gasteiger partial charge on any atom is -0.383 e. The molecule has 0 aromatic heterocycles. The van der Waals surface area contributed by atoms with Crippen molar-refractivity contribution >= 4 is 21.8 Å². The fourth-order valence-corrected chi connectivity index (χ4v) is 2.50. The zero-order chi connectivity index (χ0) is 13.7. The molecule has 0 heterocycles. The summed E-state index contributed by atoms with van der Waals surface area (Å²) in [5.74, 6) is -0.0226. The van der Waals surface area contributed by atoms with Crippen molar-refractivity contribution in [1.82, 2.24) is 5.32 Å². The molecular formula is C14H20BrNO2. The van der Waals surface area contributed by atoms with Crippen molar-refractivity contribution in [1.29, 1.82) is 0 Å². The van der Waals surface area contributed by atoms with Gasteiger partial charge in [0.25, 0.3) is 5.91 Å². The predicted molar refractivity (Wildman–Crippen MR) is 77.6 cm³/mol. The van der Waals surface area contributed by atoms with Crippen molar-refractivity contribution in [3.05, 3.63) is 34.4 Å². The molecule has 1 amide bonds. The molecule has 1 atom stereocenters. The van der Waals surface area contributed by atoms with Gasteiger partial charge in [0.2, 0.25) is 0 Å². The van der Waals surface area contributed by atoms with E-state index in [1.165, 1.54) is 5.56 Å². The molecule has 1 rings (SSSR count). The molecule has 3 nitrogen and oxygen atoms in total. The molecule has 1 aromatic carbocycles. The Morgan fingerprint density at radius 1 is 1.33 bits per heavy atom. The molecule has 0 aliphatic carbocycles. The number of benzene rings is 1. The summed E-state index contributed by atoms with van der Waals surface area (Å²) in [4.78, 5) is 12.3. The third kappa shape index (κ3) is 4.10. The standard InChI is InChI=1S/C14H20BrNO2/c1-9-5-10(2)13(11(3)6-9)14(17)16-7-12(15)8-18-4/h5-6,12H,7-8H2,1-4H3,(H,16,17). The van der Waals surface area contributed by atoms with Crippen molar-refractivity contribution < 1.29 is 9.53 Å². The Morgan fingerprint density at radius 3 is 2.39 bits per heavy atom. The maximum Gasteiger partial charge on any atom is 0.251 e. The van der Waals surface area contributed by atoms with E-state index >= 15 is 0 Å². The number of methoxy groups -OCH3 is 1. The molecule has 0 fully saturated rings. The number of aryl methyl sites for hydroxylation is 3. The molecule has 4 heteroatoms. The van der Waals surface area contributed by atoms with E-state index in [0.29, 0.717) is 13.2 Å². The third-order valence-corrected chi connectivity index (χ3v) is 3.32. The summed E-state index contributed by atoms with van der Waals surface area (Å²) in [5.41, 5.74) is 3.99. The molecule has 0 aliphatic rings. The minimum atomic E-state index is -0.0226. The van der Waals surface area contributed by atoms with Gasteiger partial charge in [0, 0.05) is 19.2 Å². The first kappa shape index (κ1) is 15.2. The largest absolute Gasteiger partial charge is 0.383 e. The lowest BCUT2D eigenvalue weighted by Gasteiger charge is -2.13. The first-order valence-electron chi connectivity index (χ1n) is 5.94. The topological polar surface area (TPSA) is 38.3 Å². The fourth-order valence-electron chi connectivity index (χ4n) is 2.07. The molecule has 1 N–H and O–H groups in total. The van der Waals surface area contributed by atoms with Crippen LogP contribution in [-0.4, -0.2) is 31.0 Å². The third-order valence-electron chi connectivity index (χ3n) is 2.74. The summed E-state index contributed by atoms with van der Waals surface area (Å²) in [7, 11) is 1.64. The van der Waals surface area contributed by atoms with Gasteiger partial charge in [0.1, 0.15) is 0 Å². The van der Waals surface area contributed by atoms with Crippen molar-refractivity contribution in [3.8, 4) is 0 Å². The average molecular weight is 314 g/mol. The molecule has 0 saturated carbocycles. The van der Waals surface area contributed by atoms with Gasteiger partial charge in [0.15, 0.2) is 0 Å². The van der Waals surface area contributed by atoms with Crippen molar-refractivity contribution in [2.24, 2.45) is 0 Å². The lowest BCUT2D eigenvalue weighted by atomic mass is 9.99. The van der Waals surface area contributed by atoms with Crippen LogP contribution in [-0.2, 0) is 4.74 Å². The maximum absolute atomic E-state index is 12.1. The molecule has 18 heavy (non-hydrogen) atoms. The molecule has 100 valence electrons. The summed E-state index contributed by atoms with van der Waals surface area (Å²) >= 11 is 3.45. The zero-order valence-corrected chi connectivity index (χ0v) is 12.9. The number of hydrogen-bond acceptors (Lipinski definition) is 2. The Morgan fingerprint density at radius 2 is 1.89 bits per heavy atom. The smallest absolute Gasteiger partial charge is 0.251 e. The van der Waals surface area contributed by atoms with Crippen LogP contribution in [0.2, 0.25) is 0 Å². The fraction of sp³-hybridized carbons (Fsp3) is 0.500. The number of nitrogens with one attached hydrogen (secondary N) is 1. The number of alkyl halides is 1. The molecule has 0 bridgehead atoms. The highest BCUT2D eigenvalue weighted by molar-refractivity contribution is 9.09. The first-order valence-corrected chi connectivity index (χ1v) is 6.86. The Balaban J connectivity index is 2.73. The number of rotatable bonds is 5. The van der Waals surface area contributed by atoms with Crippen LogP contribution in [0.25, 0.3) is 0 Å². The highest BCUT2D eigenvalue weighted by Gasteiger charge is 2.13. The second-order valence-corrected chi connectivity index (χ2v) is 5.83. The highest BCUT2D eigenvalue weighted by atomic mass is 79.9. The quantitative estimate of drug-likeness (QED) is 0.849. The lowest BCUT2D eigenvalue weighted by molar-refractivity contribution is 0.0949. The van der Waals surface area contributed by atoms with Gasteiger partial charge >= 0.3 is 0 Å². The summed E-state index contributed by atoms with van der Waals surface area (Å²) in [5, 5.41) is 2.92. The zero-order valence-electron chi connectivity index (χ0n) is 11.3. The second kappa shape index (κ2) is 6.90. The summed E-state index contributed by atoms with van der Waals surface area (Å²) in [6.07, 6.45) is 0. The van der Waals surface area contributed by atoms with E-state index in [4.69, 9.17) is 4.74 Å². The SMILES string of the molecule is COCC(Br)CNC(=O)c1c(C)cc(C)cc1C. The van der Waals surface area contributed by atoms with Crippen LogP contribution >= 0.6 is 15.9 Å². The van der Waals surface area contributed by atoms with Crippen LogP contribution in [0.5, 0.6) is 0 Å². The lowest BCUT2D eigenvalue weighted by Crippen LogP contribution is -2.32. The van der Waals surface area contributed by atoms with Gasteiger partial charge in [-0.15, -0.1) is 0 Å². The van der Waals surface area contributed by atoms with E-state index in [1.54, 1.807) is 7.11 Å². The Kier molecular flexibility index (Phi) is 5.82. The van der Waals surface area contributed by atoms with Crippen LogP contribution in [0, 0.1) is 20.8 Å². The van der Waals surface area contributed by atoms with E-state index in [9.17, 15) is 4.79 Å². The van der Waals surface area contributed by atoms with Crippen molar-refractivity contribution in [2.75, 3.05) is 20.3 Å². The van der Waals surface area contributed by atoms with Gasteiger partial charge in [0.05, 0.1) is 11.4 Å². The second-order valence-electron chi connectivity index (χ2n) is 4.54. The van der Waals surface area contributed by atoms with Crippen LogP contribution in [0.3, 0.4) is 0 Å². The van der Waals surface area contributed by atoms with E-state index in [2.05, 4.69) is 21.2 Å². The van der Waals surface area contributed by atoms with E-state index in [-0.39, 0.29) is 10.7 Å². The van der Waals surface area contributed by atoms with Gasteiger partial charge < -0.3 is 10.1 Å². The number of halogens is 1. The molecule has 0 aliphatic heterocycles.